The second kappa shape index (κ2) is 10.1. The van der Waals surface area contributed by atoms with Crippen molar-refractivity contribution in [3.8, 4) is 0 Å². The van der Waals surface area contributed by atoms with Crippen molar-refractivity contribution < 1.29 is 4.48 Å². The quantitative estimate of drug-likeness (QED) is 0.358. The van der Waals surface area contributed by atoms with E-state index in [-0.39, 0.29) is 0 Å². The molecule has 0 saturated heterocycles. The summed E-state index contributed by atoms with van der Waals surface area (Å²) in [4.78, 5) is 0. The highest BCUT2D eigenvalue weighted by Crippen LogP contribution is 2.13. The molecule has 0 bridgehead atoms. The smallest absolute Gasteiger partial charge is 0.0786 e. The average molecular weight is 228 g/mol. The second-order valence-electron chi connectivity index (χ2n) is 5.19. The minimum absolute atomic E-state index is 1.32. The zero-order valence-corrected chi connectivity index (χ0v) is 12.2. The minimum atomic E-state index is 1.32. The largest absolute Gasteiger partial charge is 0.324 e. The highest BCUT2D eigenvalue weighted by atomic mass is 15.3. The molecule has 0 atom stereocenters. The van der Waals surface area contributed by atoms with Gasteiger partial charge in [-0.25, -0.2) is 0 Å². The predicted octanol–water partition coefficient (Wildman–Crippen LogP) is 4.61. The molecule has 0 fully saturated rings. The van der Waals surface area contributed by atoms with E-state index in [4.69, 9.17) is 0 Å². The normalized spacial score (nSPS) is 12.0. The lowest BCUT2D eigenvalue weighted by Gasteiger charge is -2.37. The van der Waals surface area contributed by atoms with E-state index >= 15 is 0 Å². The summed E-state index contributed by atoms with van der Waals surface area (Å²) in [5, 5.41) is 0. The molecular weight excluding hydrogens is 194 g/mol. The molecule has 0 unspecified atom stereocenters. The van der Waals surface area contributed by atoms with Crippen LogP contribution in [0, 0.1) is 0 Å². The third-order valence-electron chi connectivity index (χ3n) is 4.06. The van der Waals surface area contributed by atoms with Gasteiger partial charge in [-0.05, 0) is 33.1 Å². The second-order valence-corrected chi connectivity index (χ2v) is 5.19. The Kier molecular flexibility index (Phi) is 10.1. The van der Waals surface area contributed by atoms with Crippen molar-refractivity contribution in [1.82, 2.24) is 0 Å². The lowest BCUT2D eigenvalue weighted by atomic mass is 10.1. The summed E-state index contributed by atoms with van der Waals surface area (Å²) in [7, 11) is 0. The lowest BCUT2D eigenvalue weighted by molar-refractivity contribution is -0.925. The van der Waals surface area contributed by atoms with Crippen LogP contribution in [-0.2, 0) is 0 Å². The summed E-state index contributed by atoms with van der Waals surface area (Å²) >= 11 is 0. The summed E-state index contributed by atoms with van der Waals surface area (Å²) < 4.78 is 1.36. The van der Waals surface area contributed by atoms with Crippen LogP contribution in [-0.4, -0.2) is 30.7 Å². The molecule has 98 valence electrons. The molecule has 0 amide bonds. The van der Waals surface area contributed by atoms with Crippen LogP contribution >= 0.6 is 0 Å². The van der Waals surface area contributed by atoms with Gasteiger partial charge in [0.05, 0.1) is 26.2 Å². The van der Waals surface area contributed by atoms with Gasteiger partial charge in [0.25, 0.3) is 0 Å². The van der Waals surface area contributed by atoms with Crippen molar-refractivity contribution in [3.63, 3.8) is 0 Å². The number of hydrogen-bond acceptors (Lipinski definition) is 0. The minimum Gasteiger partial charge on any atom is -0.324 e. The Balaban J connectivity index is 3.82. The van der Waals surface area contributed by atoms with Crippen molar-refractivity contribution >= 4 is 0 Å². The Hall–Kier alpha value is -0.0400. The van der Waals surface area contributed by atoms with Crippen LogP contribution in [0.4, 0.5) is 0 Å². The molecule has 0 radical (unpaired) electrons. The van der Waals surface area contributed by atoms with Crippen LogP contribution in [0.2, 0.25) is 0 Å². The first-order chi connectivity index (χ1) is 7.74. The van der Waals surface area contributed by atoms with Gasteiger partial charge in [-0.2, -0.15) is 0 Å². The number of hydrogen-bond donors (Lipinski definition) is 0. The molecule has 0 aromatic rings. The molecule has 0 spiro atoms. The molecule has 0 aliphatic heterocycles. The fourth-order valence-corrected chi connectivity index (χ4v) is 2.51. The third-order valence-corrected chi connectivity index (χ3v) is 4.06. The van der Waals surface area contributed by atoms with Gasteiger partial charge in [0, 0.05) is 0 Å². The summed E-state index contributed by atoms with van der Waals surface area (Å²) in [5.74, 6) is 0. The van der Waals surface area contributed by atoms with Gasteiger partial charge in [-0.1, -0.05) is 39.5 Å². The molecule has 16 heavy (non-hydrogen) atoms. The van der Waals surface area contributed by atoms with Gasteiger partial charge in [-0.3, -0.25) is 0 Å². The number of nitrogens with zero attached hydrogens (tertiary/aromatic N) is 1. The maximum absolute atomic E-state index is 2.37. The predicted molar refractivity (Wildman–Crippen MR) is 74.7 cm³/mol. The van der Waals surface area contributed by atoms with Crippen molar-refractivity contribution in [2.45, 2.75) is 72.6 Å². The Labute approximate surface area is 104 Å². The first-order valence-electron chi connectivity index (χ1n) is 7.59. The average Bonchev–Trinajstić information content (AvgIpc) is 2.33. The van der Waals surface area contributed by atoms with Crippen LogP contribution in [0.15, 0.2) is 0 Å². The van der Waals surface area contributed by atoms with E-state index in [1.165, 1.54) is 75.6 Å². The SMILES string of the molecule is CCCCCCC[N+](CC)(CC)CCCC. The van der Waals surface area contributed by atoms with Crippen molar-refractivity contribution in [3.05, 3.63) is 0 Å². The molecule has 0 rings (SSSR count). The first kappa shape index (κ1) is 16.0. The number of unbranched alkanes of at least 4 members (excludes halogenated alkanes) is 5. The Morgan fingerprint density at radius 3 is 1.56 bits per heavy atom. The molecule has 0 aromatic carbocycles. The van der Waals surface area contributed by atoms with E-state index in [2.05, 4.69) is 27.7 Å². The van der Waals surface area contributed by atoms with Crippen LogP contribution in [0.3, 0.4) is 0 Å². The topological polar surface area (TPSA) is 0 Å². The van der Waals surface area contributed by atoms with Crippen LogP contribution in [0.1, 0.15) is 72.6 Å². The highest BCUT2D eigenvalue weighted by molar-refractivity contribution is 4.46. The van der Waals surface area contributed by atoms with Gasteiger partial charge >= 0.3 is 0 Å². The van der Waals surface area contributed by atoms with Gasteiger partial charge in [0.15, 0.2) is 0 Å². The molecule has 0 saturated carbocycles. The molecule has 1 heteroatoms. The summed E-state index contributed by atoms with van der Waals surface area (Å²) in [6, 6.07) is 0. The monoisotopic (exact) mass is 228 g/mol. The zero-order chi connectivity index (χ0) is 12.3. The van der Waals surface area contributed by atoms with Crippen LogP contribution in [0.25, 0.3) is 0 Å². The van der Waals surface area contributed by atoms with Gasteiger partial charge in [-0.15, -0.1) is 0 Å². The third kappa shape index (κ3) is 6.52. The zero-order valence-electron chi connectivity index (χ0n) is 12.2. The molecule has 0 aromatic heterocycles. The molecule has 0 aliphatic carbocycles. The van der Waals surface area contributed by atoms with Gasteiger partial charge in [0.1, 0.15) is 0 Å². The first-order valence-corrected chi connectivity index (χ1v) is 7.59. The van der Waals surface area contributed by atoms with E-state index in [1.807, 2.05) is 0 Å². The highest BCUT2D eigenvalue weighted by Gasteiger charge is 2.21. The summed E-state index contributed by atoms with van der Waals surface area (Å²) in [5.41, 5.74) is 0. The van der Waals surface area contributed by atoms with Crippen molar-refractivity contribution in [2.24, 2.45) is 0 Å². The van der Waals surface area contributed by atoms with E-state index in [9.17, 15) is 0 Å². The van der Waals surface area contributed by atoms with E-state index in [0.717, 1.165) is 0 Å². The Morgan fingerprint density at radius 2 is 1.06 bits per heavy atom. The van der Waals surface area contributed by atoms with E-state index < -0.39 is 0 Å². The molecule has 0 N–H and O–H groups in total. The molecule has 0 aliphatic rings. The molecule has 1 nitrogen and oxygen atoms in total. The number of quaternary nitrogens is 1. The van der Waals surface area contributed by atoms with E-state index in [0.29, 0.717) is 0 Å². The fraction of sp³-hybridized carbons (Fsp3) is 1.00. The Morgan fingerprint density at radius 1 is 0.562 bits per heavy atom. The molecular formula is C15H34N+. The number of rotatable bonds is 11. The summed E-state index contributed by atoms with van der Waals surface area (Å²) in [6.45, 7) is 14.8. The van der Waals surface area contributed by atoms with Crippen molar-refractivity contribution in [1.29, 1.82) is 0 Å². The fourth-order valence-electron chi connectivity index (χ4n) is 2.51. The Bertz CT molecular complexity index is 138. The van der Waals surface area contributed by atoms with Crippen LogP contribution in [0.5, 0.6) is 0 Å². The summed E-state index contributed by atoms with van der Waals surface area (Å²) in [6.07, 6.45) is 9.85. The van der Waals surface area contributed by atoms with E-state index in [1.54, 1.807) is 0 Å². The molecule has 0 heterocycles. The van der Waals surface area contributed by atoms with Crippen LogP contribution < -0.4 is 0 Å². The van der Waals surface area contributed by atoms with Gasteiger partial charge in [0.2, 0.25) is 0 Å². The standard InChI is InChI=1S/C15H34N/c1-5-9-11-12-13-15-16(7-3,8-4)14-10-6-2/h5-15H2,1-4H3/q+1. The maximum Gasteiger partial charge on any atom is 0.0786 e. The lowest BCUT2D eigenvalue weighted by Crippen LogP contribution is -2.49. The maximum atomic E-state index is 2.37. The van der Waals surface area contributed by atoms with Gasteiger partial charge < -0.3 is 4.48 Å². The van der Waals surface area contributed by atoms with Crippen molar-refractivity contribution in [2.75, 3.05) is 26.2 Å².